The van der Waals surface area contributed by atoms with Crippen molar-refractivity contribution in [3.8, 4) is 0 Å². The number of hydrogen-bond donors (Lipinski definition) is 3. The fourth-order valence-corrected chi connectivity index (χ4v) is 2.29. The van der Waals surface area contributed by atoms with Gasteiger partial charge >= 0.3 is 0 Å². The molecule has 0 spiro atoms. The van der Waals surface area contributed by atoms with Gasteiger partial charge in [0.1, 0.15) is 0 Å². The molecule has 1 heterocycles. The maximum Gasteiger partial charge on any atom is 0.0727 e. The van der Waals surface area contributed by atoms with Crippen LogP contribution in [-0.4, -0.2) is 23.2 Å². The van der Waals surface area contributed by atoms with Crippen molar-refractivity contribution in [1.82, 2.24) is 4.98 Å². The molecule has 1 aromatic carbocycles. The van der Waals surface area contributed by atoms with Crippen LogP contribution in [0.1, 0.15) is 25.5 Å². The Morgan fingerprint density at radius 3 is 2.90 bits per heavy atom. The predicted octanol–water partition coefficient (Wildman–Crippen LogP) is 2.95. The Bertz CT molecular complexity index is 583. The topological polar surface area (TPSA) is 71.2 Å². The zero-order valence-corrected chi connectivity index (χ0v) is 12.2. The number of aliphatic hydroxyl groups excluding tert-OH is 1. The lowest BCUT2D eigenvalue weighted by atomic mass is 10.1. The molecule has 0 bridgehead atoms. The van der Waals surface area contributed by atoms with E-state index >= 15 is 0 Å². The highest BCUT2D eigenvalue weighted by Crippen LogP contribution is 2.25. The Balaban J connectivity index is 2.10. The van der Waals surface area contributed by atoms with E-state index in [-0.39, 0.29) is 6.61 Å². The molecule has 4 nitrogen and oxygen atoms in total. The van der Waals surface area contributed by atoms with E-state index in [2.05, 4.69) is 23.3 Å². The van der Waals surface area contributed by atoms with E-state index < -0.39 is 0 Å². The number of benzene rings is 1. The van der Waals surface area contributed by atoms with Crippen molar-refractivity contribution in [1.29, 1.82) is 0 Å². The average Bonchev–Trinajstić information content (AvgIpc) is 2.43. The second-order valence-corrected chi connectivity index (χ2v) is 5.44. The molecule has 0 aliphatic carbocycles. The van der Waals surface area contributed by atoms with Crippen molar-refractivity contribution in [3.05, 3.63) is 30.0 Å². The lowest BCUT2D eigenvalue weighted by molar-refractivity contribution is 0.229. The largest absolute Gasteiger partial charge is 0.399 e. The van der Waals surface area contributed by atoms with Crippen molar-refractivity contribution < 1.29 is 5.11 Å². The minimum Gasteiger partial charge on any atom is -0.399 e. The van der Waals surface area contributed by atoms with Crippen LogP contribution in [0.15, 0.2) is 24.3 Å². The Morgan fingerprint density at radius 1 is 1.35 bits per heavy atom. The van der Waals surface area contributed by atoms with Gasteiger partial charge in [-0.05, 0) is 49.9 Å². The van der Waals surface area contributed by atoms with Gasteiger partial charge in [0.2, 0.25) is 0 Å². The molecule has 4 N–H and O–H groups in total. The zero-order chi connectivity index (χ0) is 14.5. The van der Waals surface area contributed by atoms with Gasteiger partial charge in [0.25, 0.3) is 0 Å². The molecule has 0 radical (unpaired) electrons. The van der Waals surface area contributed by atoms with Gasteiger partial charge in [-0.1, -0.05) is 6.92 Å². The standard InChI is InChI=1S/C16H23N3O/c1-11(10-20)4-3-7-18-16-8-12(2)19-15-6-5-13(17)9-14(15)16/h5-6,8-9,11,20H,3-4,7,10,17H2,1-2H3,(H,18,19). The lowest BCUT2D eigenvalue weighted by Gasteiger charge is -2.12. The number of nitrogen functional groups attached to an aromatic ring is 1. The highest BCUT2D eigenvalue weighted by Gasteiger charge is 2.05. The summed E-state index contributed by atoms with van der Waals surface area (Å²) in [6.45, 7) is 5.20. The molecular formula is C16H23N3O. The number of aliphatic hydroxyl groups is 1. The van der Waals surface area contributed by atoms with E-state index in [4.69, 9.17) is 10.8 Å². The summed E-state index contributed by atoms with van der Waals surface area (Å²) >= 11 is 0. The predicted molar refractivity (Wildman–Crippen MR) is 84.9 cm³/mol. The van der Waals surface area contributed by atoms with E-state index in [0.717, 1.165) is 47.4 Å². The molecule has 20 heavy (non-hydrogen) atoms. The van der Waals surface area contributed by atoms with Gasteiger partial charge in [0, 0.05) is 35.6 Å². The SMILES string of the molecule is Cc1cc(NCCCC(C)CO)c2cc(N)ccc2n1. The Kier molecular flexibility index (Phi) is 4.79. The zero-order valence-electron chi connectivity index (χ0n) is 12.2. The maximum absolute atomic E-state index is 9.02. The van der Waals surface area contributed by atoms with Crippen LogP contribution in [0.3, 0.4) is 0 Å². The van der Waals surface area contributed by atoms with Crippen LogP contribution in [0, 0.1) is 12.8 Å². The molecule has 0 aliphatic heterocycles. The Morgan fingerprint density at radius 2 is 2.15 bits per heavy atom. The molecular weight excluding hydrogens is 250 g/mol. The van der Waals surface area contributed by atoms with E-state index in [1.165, 1.54) is 0 Å². The smallest absolute Gasteiger partial charge is 0.0727 e. The molecule has 0 aliphatic rings. The first-order chi connectivity index (χ1) is 9.60. The van der Waals surface area contributed by atoms with Crippen LogP contribution in [0.2, 0.25) is 0 Å². The molecule has 2 aromatic rings. The summed E-state index contributed by atoms with van der Waals surface area (Å²) in [5.41, 5.74) is 9.65. The molecule has 0 saturated carbocycles. The first kappa shape index (κ1) is 14.6. The second-order valence-electron chi connectivity index (χ2n) is 5.44. The van der Waals surface area contributed by atoms with Crippen molar-refractivity contribution in [2.45, 2.75) is 26.7 Å². The summed E-state index contributed by atoms with van der Waals surface area (Å²) in [6, 6.07) is 7.84. The number of nitrogens with one attached hydrogen (secondary N) is 1. The summed E-state index contributed by atoms with van der Waals surface area (Å²) in [5, 5.41) is 13.5. The quantitative estimate of drug-likeness (QED) is 0.559. The van der Waals surface area contributed by atoms with Gasteiger partial charge in [-0.15, -0.1) is 0 Å². The molecule has 4 heteroatoms. The van der Waals surface area contributed by atoms with Crippen LogP contribution < -0.4 is 11.1 Å². The number of aryl methyl sites for hydroxylation is 1. The van der Waals surface area contributed by atoms with Gasteiger partial charge in [-0.2, -0.15) is 0 Å². The molecule has 2 rings (SSSR count). The Labute approximate surface area is 120 Å². The molecule has 1 unspecified atom stereocenters. The molecule has 0 saturated heterocycles. The number of aromatic nitrogens is 1. The number of rotatable bonds is 6. The van der Waals surface area contributed by atoms with Crippen molar-refractivity contribution in [3.63, 3.8) is 0 Å². The van der Waals surface area contributed by atoms with E-state index in [0.29, 0.717) is 5.92 Å². The highest BCUT2D eigenvalue weighted by atomic mass is 16.3. The maximum atomic E-state index is 9.02. The number of nitrogens with two attached hydrogens (primary N) is 1. The number of nitrogens with zero attached hydrogens (tertiary/aromatic N) is 1. The van der Waals surface area contributed by atoms with Crippen LogP contribution in [-0.2, 0) is 0 Å². The van der Waals surface area contributed by atoms with Crippen LogP contribution in [0.25, 0.3) is 10.9 Å². The summed E-state index contributed by atoms with van der Waals surface area (Å²) in [6.07, 6.45) is 2.06. The lowest BCUT2D eigenvalue weighted by Crippen LogP contribution is -2.07. The van der Waals surface area contributed by atoms with E-state index in [1.54, 1.807) is 0 Å². The number of hydrogen-bond acceptors (Lipinski definition) is 4. The summed E-state index contributed by atoms with van der Waals surface area (Å²) < 4.78 is 0. The normalized spacial score (nSPS) is 12.6. The first-order valence-electron chi connectivity index (χ1n) is 7.11. The van der Waals surface area contributed by atoms with Gasteiger partial charge in [-0.25, -0.2) is 0 Å². The van der Waals surface area contributed by atoms with Gasteiger partial charge in [0.05, 0.1) is 5.52 Å². The first-order valence-corrected chi connectivity index (χ1v) is 7.11. The van der Waals surface area contributed by atoms with Crippen molar-refractivity contribution in [2.75, 3.05) is 24.2 Å². The minimum absolute atomic E-state index is 0.258. The van der Waals surface area contributed by atoms with Crippen LogP contribution in [0.5, 0.6) is 0 Å². The molecule has 0 fully saturated rings. The van der Waals surface area contributed by atoms with Crippen molar-refractivity contribution in [2.24, 2.45) is 5.92 Å². The summed E-state index contributed by atoms with van der Waals surface area (Å²) in [7, 11) is 0. The molecule has 0 amide bonds. The number of pyridine rings is 1. The van der Waals surface area contributed by atoms with Gasteiger partial charge in [-0.3, -0.25) is 4.98 Å². The molecule has 1 atom stereocenters. The molecule has 1 aromatic heterocycles. The molecule has 108 valence electrons. The average molecular weight is 273 g/mol. The summed E-state index contributed by atoms with van der Waals surface area (Å²) in [5.74, 6) is 0.364. The van der Waals surface area contributed by atoms with E-state index in [9.17, 15) is 0 Å². The third-order valence-electron chi connectivity index (χ3n) is 3.46. The van der Waals surface area contributed by atoms with Crippen LogP contribution in [0.4, 0.5) is 11.4 Å². The fourth-order valence-electron chi connectivity index (χ4n) is 2.29. The van der Waals surface area contributed by atoms with Crippen LogP contribution >= 0.6 is 0 Å². The third-order valence-corrected chi connectivity index (χ3v) is 3.46. The van der Waals surface area contributed by atoms with E-state index in [1.807, 2.05) is 25.1 Å². The van der Waals surface area contributed by atoms with Gasteiger partial charge < -0.3 is 16.2 Å². The Hall–Kier alpha value is -1.81. The monoisotopic (exact) mass is 273 g/mol. The minimum atomic E-state index is 0.258. The fraction of sp³-hybridized carbons (Fsp3) is 0.438. The van der Waals surface area contributed by atoms with Crippen molar-refractivity contribution >= 4 is 22.3 Å². The second kappa shape index (κ2) is 6.57. The van der Waals surface area contributed by atoms with Gasteiger partial charge in [0.15, 0.2) is 0 Å². The third kappa shape index (κ3) is 3.61. The summed E-state index contributed by atoms with van der Waals surface area (Å²) in [4.78, 5) is 4.52. The number of anilines is 2. The highest BCUT2D eigenvalue weighted by molar-refractivity contribution is 5.93. The number of fused-ring (bicyclic) bond motifs is 1.